The summed E-state index contributed by atoms with van der Waals surface area (Å²) in [6.07, 6.45) is 2.89. The fourth-order valence-electron chi connectivity index (χ4n) is 1.67. The van der Waals surface area contributed by atoms with E-state index in [9.17, 15) is 9.18 Å². The van der Waals surface area contributed by atoms with Crippen LogP contribution in [0.2, 0.25) is 0 Å². The fourth-order valence-corrected chi connectivity index (χ4v) is 2.13. The molecule has 0 aliphatic rings. The molecule has 5 nitrogen and oxygen atoms in total. The quantitative estimate of drug-likeness (QED) is 0.593. The number of pyridine rings is 1. The molecule has 0 aliphatic heterocycles. The molecule has 1 aromatic carbocycles. The van der Waals surface area contributed by atoms with Crippen LogP contribution in [0.5, 0.6) is 0 Å². The van der Waals surface area contributed by atoms with Gasteiger partial charge in [0.1, 0.15) is 5.82 Å². The minimum atomic E-state index is -0.450. The Kier molecular flexibility index (Phi) is 4.31. The van der Waals surface area contributed by atoms with Crippen molar-refractivity contribution in [1.82, 2.24) is 4.98 Å². The largest absolute Gasteiger partial charge is 0.323 e. The van der Waals surface area contributed by atoms with E-state index in [2.05, 4.69) is 31.7 Å². The van der Waals surface area contributed by atoms with Gasteiger partial charge in [-0.2, -0.15) is 0 Å². The molecule has 104 valence electrons. The summed E-state index contributed by atoms with van der Waals surface area (Å²) < 4.78 is 13.9. The van der Waals surface area contributed by atoms with Crippen molar-refractivity contribution >= 4 is 33.2 Å². The zero-order chi connectivity index (χ0) is 14.7. The van der Waals surface area contributed by atoms with Crippen LogP contribution in [0.15, 0.2) is 35.1 Å². The maximum Gasteiger partial charge on any atom is 0.259 e. The van der Waals surface area contributed by atoms with E-state index in [1.54, 1.807) is 19.1 Å². The third-order valence-corrected chi connectivity index (χ3v) is 3.34. The second kappa shape index (κ2) is 5.98. The summed E-state index contributed by atoms with van der Waals surface area (Å²) in [5, 5.41) is 2.63. The second-order valence-electron chi connectivity index (χ2n) is 4.10. The van der Waals surface area contributed by atoms with Crippen LogP contribution in [-0.4, -0.2) is 10.9 Å². The first-order chi connectivity index (χ1) is 9.52. The lowest BCUT2D eigenvalue weighted by Gasteiger charge is -2.11. The smallest absolute Gasteiger partial charge is 0.259 e. The Balaban J connectivity index is 2.30. The number of nitrogens with two attached hydrogens (primary N) is 1. The highest BCUT2D eigenvalue weighted by Crippen LogP contribution is 2.25. The molecule has 0 saturated heterocycles. The molecule has 0 saturated carbocycles. The van der Waals surface area contributed by atoms with Crippen molar-refractivity contribution in [2.75, 3.05) is 10.7 Å². The third kappa shape index (κ3) is 2.94. The number of nitrogen functional groups attached to an aromatic ring is 1. The molecule has 2 rings (SSSR count). The van der Waals surface area contributed by atoms with Crippen LogP contribution >= 0.6 is 15.9 Å². The normalized spacial score (nSPS) is 10.2. The molecule has 0 bridgehead atoms. The molecular formula is C13H12BrFN4O. The van der Waals surface area contributed by atoms with E-state index < -0.39 is 11.7 Å². The molecule has 2 aromatic rings. The van der Waals surface area contributed by atoms with Gasteiger partial charge in [0.15, 0.2) is 0 Å². The maximum absolute atomic E-state index is 13.5. The van der Waals surface area contributed by atoms with Crippen molar-refractivity contribution in [3.05, 3.63) is 52.0 Å². The number of hydrogen-bond acceptors (Lipinski definition) is 4. The molecule has 0 aliphatic carbocycles. The number of halogens is 2. The average Bonchev–Trinajstić information content (AvgIpc) is 2.44. The van der Waals surface area contributed by atoms with Crippen LogP contribution in [0.1, 0.15) is 15.9 Å². The highest BCUT2D eigenvalue weighted by Gasteiger charge is 2.13. The van der Waals surface area contributed by atoms with Gasteiger partial charge in [0.2, 0.25) is 0 Å². The Morgan fingerprint density at radius 2 is 2.15 bits per heavy atom. The number of aromatic nitrogens is 1. The number of amides is 1. The van der Waals surface area contributed by atoms with Crippen molar-refractivity contribution < 1.29 is 9.18 Å². The van der Waals surface area contributed by atoms with Crippen molar-refractivity contribution in [3.8, 4) is 0 Å². The molecule has 0 radical (unpaired) electrons. The predicted molar refractivity (Wildman–Crippen MR) is 78.8 cm³/mol. The summed E-state index contributed by atoms with van der Waals surface area (Å²) in [5.41, 5.74) is 4.25. The number of benzene rings is 1. The minimum absolute atomic E-state index is 0.276. The van der Waals surface area contributed by atoms with Gasteiger partial charge in [0.05, 0.1) is 15.7 Å². The Morgan fingerprint density at radius 3 is 2.85 bits per heavy atom. The molecule has 1 amide bonds. The topological polar surface area (TPSA) is 80.0 Å². The SMILES string of the molecule is Cc1cc(Br)c(F)cc1NC(=O)c1cnccc1NN. The number of hydrogen-bond donors (Lipinski definition) is 3. The van der Waals surface area contributed by atoms with E-state index in [-0.39, 0.29) is 5.56 Å². The summed E-state index contributed by atoms with van der Waals surface area (Å²) in [6.45, 7) is 1.77. The number of nitrogens with one attached hydrogen (secondary N) is 2. The number of hydrazine groups is 1. The van der Waals surface area contributed by atoms with Gasteiger partial charge in [0.25, 0.3) is 5.91 Å². The predicted octanol–water partition coefficient (Wildman–Crippen LogP) is 2.83. The Morgan fingerprint density at radius 1 is 1.40 bits per heavy atom. The van der Waals surface area contributed by atoms with E-state index in [0.29, 0.717) is 15.8 Å². The number of carbonyl (C=O) groups excluding carboxylic acids is 1. The van der Waals surface area contributed by atoms with Crippen molar-refractivity contribution in [3.63, 3.8) is 0 Å². The van der Waals surface area contributed by atoms with Gasteiger partial charge >= 0.3 is 0 Å². The Bertz CT molecular complexity index is 663. The van der Waals surface area contributed by atoms with Gasteiger partial charge in [-0.3, -0.25) is 15.6 Å². The summed E-state index contributed by atoms with van der Waals surface area (Å²) in [7, 11) is 0. The van der Waals surface area contributed by atoms with Gasteiger partial charge in [-0.25, -0.2) is 4.39 Å². The molecule has 1 aromatic heterocycles. The van der Waals surface area contributed by atoms with E-state index >= 15 is 0 Å². The molecule has 0 atom stereocenters. The maximum atomic E-state index is 13.5. The molecule has 0 fully saturated rings. The first-order valence-corrected chi connectivity index (χ1v) is 6.50. The van der Waals surface area contributed by atoms with Gasteiger partial charge < -0.3 is 10.7 Å². The van der Waals surface area contributed by atoms with E-state index in [1.807, 2.05) is 0 Å². The summed E-state index contributed by atoms with van der Waals surface area (Å²) in [5.74, 6) is 4.46. The van der Waals surface area contributed by atoms with Gasteiger partial charge in [-0.1, -0.05) is 0 Å². The molecule has 4 N–H and O–H groups in total. The zero-order valence-electron chi connectivity index (χ0n) is 10.6. The van der Waals surface area contributed by atoms with Crippen LogP contribution < -0.4 is 16.6 Å². The molecule has 7 heteroatoms. The van der Waals surface area contributed by atoms with Crippen LogP contribution in [0.25, 0.3) is 0 Å². The molecule has 20 heavy (non-hydrogen) atoms. The van der Waals surface area contributed by atoms with Crippen molar-refractivity contribution in [2.24, 2.45) is 5.84 Å². The average molecular weight is 339 g/mol. The number of nitrogens with zero attached hydrogens (tertiary/aromatic N) is 1. The molecule has 0 spiro atoms. The van der Waals surface area contributed by atoms with Crippen LogP contribution in [0.4, 0.5) is 15.8 Å². The van der Waals surface area contributed by atoms with E-state index in [4.69, 9.17) is 5.84 Å². The number of carbonyl (C=O) groups is 1. The lowest BCUT2D eigenvalue weighted by Crippen LogP contribution is -2.18. The monoisotopic (exact) mass is 338 g/mol. The lowest BCUT2D eigenvalue weighted by molar-refractivity contribution is 0.102. The fraction of sp³-hybridized carbons (Fsp3) is 0.0769. The standard InChI is InChI=1S/C13H12BrFN4O/c1-7-4-9(14)10(15)5-12(7)18-13(20)8-6-17-3-2-11(8)19-16/h2-6H,16H2,1H3,(H,17,19)(H,18,20). The van der Waals surface area contributed by atoms with Crippen molar-refractivity contribution in [1.29, 1.82) is 0 Å². The first-order valence-electron chi connectivity index (χ1n) is 5.70. The number of aryl methyl sites for hydroxylation is 1. The second-order valence-corrected chi connectivity index (χ2v) is 4.96. The van der Waals surface area contributed by atoms with Gasteiger partial charge in [-0.05, 0) is 46.6 Å². The van der Waals surface area contributed by atoms with E-state index in [0.717, 1.165) is 5.56 Å². The minimum Gasteiger partial charge on any atom is -0.323 e. The van der Waals surface area contributed by atoms with Crippen LogP contribution in [0, 0.1) is 12.7 Å². The molecule has 1 heterocycles. The van der Waals surface area contributed by atoms with Crippen molar-refractivity contribution in [2.45, 2.75) is 6.92 Å². The van der Waals surface area contributed by atoms with Gasteiger partial charge in [0, 0.05) is 18.1 Å². The first kappa shape index (κ1) is 14.4. The summed E-state index contributed by atoms with van der Waals surface area (Å²) in [4.78, 5) is 16.0. The summed E-state index contributed by atoms with van der Waals surface area (Å²) in [6, 6.07) is 4.42. The van der Waals surface area contributed by atoms with Crippen LogP contribution in [0.3, 0.4) is 0 Å². The third-order valence-electron chi connectivity index (χ3n) is 2.74. The molecule has 0 unspecified atom stereocenters. The summed E-state index contributed by atoms with van der Waals surface area (Å²) >= 11 is 3.09. The number of anilines is 2. The lowest BCUT2D eigenvalue weighted by atomic mass is 10.1. The highest BCUT2D eigenvalue weighted by molar-refractivity contribution is 9.10. The number of rotatable bonds is 3. The van der Waals surface area contributed by atoms with E-state index in [1.165, 1.54) is 18.5 Å². The van der Waals surface area contributed by atoms with Gasteiger partial charge in [-0.15, -0.1) is 0 Å². The molecular weight excluding hydrogens is 327 g/mol. The Hall–Kier alpha value is -1.99. The van der Waals surface area contributed by atoms with Crippen LogP contribution in [-0.2, 0) is 0 Å². The zero-order valence-corrected chi connectivity index (χ0v) is 12.2. The Labute approximate surface area is 123 Å². The highest BCUT2D eigenvalue weighted by atomic mass is 79.9.